The second-order valence-corrected chi connectivity index (χ2v) is 7.02. The third-order valence-corrected chi connectivity index (χ3v) is 4.78. The van der Waals surface area contributed by atoms with E-state index >= 15 is 0 Å². The Bertz CT molecular complexity index is 855. The van der Waals surface area contributed by atoms with Crippen LogP contribution in [0.2, 0.25) is 0 Å². The van der Waals surface area contributed by atoms with Crippen molar-refractivity contribution in [2.75, 3.05) is 25.0 Å². The minimum Gasteiger partial charge on any atom is -0.484 e. The number of nitrogens with two attached hydrogens (primary N) is 1. The van der Waals surface area contributed by atoms with E-state index in [0.717, 1.165) is 25.9 Å². The Labute approximate surface area is 169 Å². The fraction of sp³-hybridized carbons (Fsp3) is 0.318. The number of hydrogen-bond donors (Lipinski definition) is 2. The molecular weight excluding hydrogens is 370 g/mol. The number of carbonyl (C=O) groups excluding carboxylic acids is 3. The molecule has 0 aromatic heterocycles. The smallest absolute Gasteiger partial charge is 0.255 e. The number of benzene rings is 2. The summed E-state index contributed by atoms with van der Waals surface area (Å²) in [6, 6.07) is 13.3. The first-order chi connectivity index (χ1) is 14.0. The van der Waals surface area contributed by atoms with E-state index in [-0.39, 0.29) is 18.4 Å². The Hall–Kier alpha value is -3.35. The highest BCUT2D eigenvalue weighted by atomic mass is 16.5. The van der Waals surface area contributed by atoms with Crippen LogP contribution in [0, 0.1) is 0 Å². The molecule has 0 radical (unpaired) electrons. The van der Waals surface area contributed by atoms with Gasteiger partial charge in [-0.2, -0.15) is 0 Å². The maximum absolute atomic E-state index is 12.6. The summed E-state index contributed by atoms with van der Waals surface area (Å²) < 4.78 is 5.17. The van der Waals surface area contributed by atoms with E-state index in [9.17, 15) is 14.4 Å². The molecule has 1 saturated heterocycles. The summed E-state index contributed by atoms with van der Waals surface area (Å²) in [5.41, 5.74) is 6.71. The lowest BCUT2D eigenvalue weighted by Crippen LogP contribution is -2.31. The third-order valence-electron chi connectivity index (χ3n) is 4.78. The number of nitrogens with zero attached hydrogens (tertiary/aromatic N) is 1. The van der Waals surface area contributed by atoms with Crippen LogP contribution >= 0.6 is 0 Å². The van der Waals surface area contributed by atoms with Gasteiger partial charge in [0.1, 0.15) is 5.75 Å². The molecule has 0 bridgehead atoms. The lowest BCUT2D eigenvalue weighted by atomic mass is 10.1. The highest BCUT2D eigenvalue weighted by Gasteiger charge is 2.17. The summed E-state index contributed by atoms with van der Waals surface area (Å²) in [7, 11) is 0. The minimum atomic E-state index is -0.565. The molecule has 0 spiro atoms. The molecule has 1 aliphatic rings. The Balaban J connectivity index is 1.58. The maximum Gasteiger partial charge on any atom is 0.255 e. The Kier molecular flexibility index (Phi) is 6.84. The number of amides is 3. The molecule has 1 fully saturated rings. The van der Waals surface area contributed by atoms with Gasteiger partial charge >= 0.3 is 0 Å². The average Bonchev–Trinajstić information content (AvgIpc) is 3.02. The fourth-order valence-corrected chi connectivity index (χ4v) is 3.21. The molecule has 3 rings (SSSR count). The van der Waals surface area contributed by atoms with Crippen LogP contribution in [0.1, 0.15) is 46.4 Å². The predicted octanol–water partition coefficient (Wildman–Crippen LogP) is 2.82. The predicted molar refractivity (Wildman–Crippen MR) is 110 cm³/mol. The summed E-state index contributed by atoms with van der Waals surface area (Å²) >= 11 is 0. The molecule has 0 atom stereocenters. The number of carbonyl (C=O) groups is 3. The first-order valence-corrected chi connectivity index (χ1v) is 9.75. The van der Waals surface area contributed by atoms with Crippen molar-refractivity contribution >= 4 is 23.4 Å². The lowest BCUT2D eigenvalue weighted by Gasteiger charge is -2.20. The second-order valence-electron chi connectivity index (χ2n) is 7.02. The van der Waals surface area contributed by atoms with E-state index < -0.39 is 5.91 Å². The molecular formula is C22H25N3O4. The van der Waals surface area contributed by atoms with Gasteiger partial charge in [0.15, 0.2) is 6.61 Å². The molecule has 0 aliphatic carbocycles. The van der Waals surface area contributed by atoms with Crippen LogP contribution in [0.4, 0.5) is 5.69 Å². The summed E-state index contributed by atoms with van der Waals surface area (Å²) in [6.07, 6.45) is 4.44. The zero-order valence-corrected chi connectivity index (χ0v) is 16.2. The van der Waals surface area contributed by atoms with Crippen molar-refractivity contribution in [2.24, 2.45) is 5.73 Å². The van der Waals surface area contributed by atoms with Crippen molar-refractivity contribution in [3.8, 4) is 5.75 Å². The first kappa shape index (κ1) is 20.4. The zero-order valence-electron chi connectivity index (χ0n) is 16.2. The van der Waals surface area contributed by atoms with Crippen LogP contribution in [0.25, 0.3) is 0 Å². The molecule has 0 saturated carbocycles. The quantitative estimate of drug-likeness (QED) is 0.785. The average molecular weight is 395 g/mol. The summed E-state index contributed by atoms with van der Waals surface area (Å²) in [6.45, 7) is 1.39. The minimum absolute atomic E-state index is 0.0383. The van der Waals surface area contributed by atoms with Crippen molar-refractivity contribution in [1.82, 2.24) is 4.90 Å². The van der Waals surface area contributed by atoms with Crippen LogP contribution < -0.4 is 15.8 Å². The second kappa shape index (κ2) is 9.73. The summed E-state index contributed by atoms with van der Waals surface area (Å²) in [5.74, 6) is -0.351. The van der Waals surface area contributed by atoms with Gasteiger partial charge in [0.2, 0.25) is 0 Å². The fourth-order valence-electron chi connectivity index (χ4n) is 3.21. The number of hydrogen-bond acceptors (Lipinski definition) is 4. The van der Waals surface area contributed by atoms with E-state index in [1.54, 1.807) is 48.5 Å². The van der Waals surface area contributed by atoms with E-state index in [4.69, 9.17) is 10.5 Å². The van der Waals surface area contributed by atoms with Gasteiger partial charge in [0.05, 0.1) is 0 Å². The largest absolute Gasteiger partial charge is 0.484 e. The number of nitrogens with one attached hydrogen (secondary N) is 1. The molecule has 7 nitrogen and oxygen atoms in total. The van der Waals surface area contributed by atoms with Gasteiger partial charge in [-0.25, -0.2) is 0 Å². The highest BCUT2D eigenvalue weighted by Crippen LogP contribution is 2.17. The maximum atomic E-state index is 12.6. The van der Waals surface area contributed by atoms with Gasteiger partial charge in [-0.05, 0) is 61.4 Å². The monoisotopic (exact) mass is 395 g/mol. The Morgan fingerprint density at radius 1 is 0.862 bits per heavy atom. The molecule has 2 aromatic rings. The number of rotatable bonds is 6. The van der Waals surface area contributed by atoms with Gasteiger partial charge in [-0.3, -0.25) is 14.4 Å². The van der Waals surface area contributed by atoms with E-state index in [1.165, 1.54) is 12.8 Å². The normalized spacial score (nSPS) is 14.0. The van der Waals surface area contributed by atoms with Crippen molar-refractivity contribution in [2.45, 2.75) is 25.7 Å². The van der Waals surface area contributed by atoms with Crippen molar-refractivity contribution < 1.29 is 19.1 Å². The number of anilines is 1. The molecule has 3 N–H and O–H groups in total. The van der Waals surface area contributed by atoms with Gasteiger partial charge < -0.3 is 20.7 Å². The summed E-state index contributed by atoms with van der Waals surface area (Å²) in [5, 5.41) is 2.80. The van der Waals surface area contributed by atoms with Crippen molar-refractivity contribution in [1.29, 1.82) is 0 Å². The first-order valence-electron chi connectivity index (χ1n) is 9.75. The zero-order chi connectivity index (χ0) is 20.6. The van der Waals surface area contributed by atoms with Crippen LogP contribution in [-0.2, 0) is 4.79 Å². The van der Waals surface area contributed by atoms with Gasteiger partial charge in [0.25, 0.3) is 17.7 Å². The SMILES string of the molecule is NC(=O)COc1ccc(C(=O)Nc2ccc(C(=O)N3CCCCCC3)cc2)cc1. The van der Waals surface area contributed by atoms with Gasteiger partial charge in [-0.15, -0.1) is 0 Å². The summed E-state index contributed by atoms with van der Waals surface area (Å²) in [4.78, 5) is 37.7. The standard InChI is InChI=1S/C22H25N3O4/c23-20(26)15-29-19-11-7-16(8-12-19)21(27)24-18-9-5-17(6-10-18)22(28)25-13-3-1-2-4-14-25/h5-12H,1-4,13-15H2,(H2,23,26)(H,24,27). The third kappa shape index (κ3) is 5.81. The van der Waals surface area contributed by atoms with E-state index in [0.29, 0.717) is 22.6 Å². The van der Waals surface area contributed by atoms with Crippen molar-refractivity contribution in [3.63, 3.8) is 0 Å². The number of ether oxygens (including phenoxy) is 1. The highest BCUT2D eigenvalue weighted by molar-refractivity contribution is 6.04. The van der Waals surface area contributed by atoms with Crippen LogP contribution in [-0.4, -0.2) is 42.3 Å². The molecule has 3 amide bonds. The molecule has 152 valence electrons. The number of primary amides is 1. The lowest BCUT2D eigenvalue weighted by molar-refractivity contribution is -0.119. The molecule has 7 heteroatoms. The van der Waals surface area contributed by atoms with Gasteiger partial charge in [-0.1, -0.05) is 12.8 Å². The molecule has 0 unspecified atom stereocenters. The molecule has 2 aromatic carbocycles. The molecule has 1 heterocycles. The van der Waals surface area contributed by atoms with Crippen LogP contribution in [0.3, 0.4) is 0 Å². The molecule has 1 aliphatic heterocycles. The number of likely N-dealkylation sites (tertiary alicyclic amines) is 1. The Morgan fingerprint density at radius 3 is 2.03 bits per heavy atom. The topological polar surface area (TPSA) is 102 Å². The van der Waals surface area contributed by atoms with Crippen LogP contribution in [0.15, 0.2) is 48.5 Å². The van der Waals surface area contributed by atoms with E-state index in [2.05, 4.69) is 5.32 Å². The van der Waals surface area contributed by atoms with Gasteiger partial charge in [0, 0.05) is 29.9 Å². The van der Waals surface area contributed by atoms with Crippen LogP contribution in [0.5, 0.6) is 5.75 Å². The van der Waals surface area contributed by atoms with E-state index in [1.807, 2.05) is 4.90 Å². The Morgan fingerprint density at radius 2 is 1.45 bits per heavy atom. The molecule has 29 heavy (non-hydrogen) atoms. The van der Waals surface area contributed by atoms with Crippen molar-refractivity contribution in [3.05, 3.63) is 59.7 Å².